The summed E-state index contributed by atoms with van der Waals surface area (Å²) < 4.78 is 0. The molecule has 44 heavy (non-hydrogen) atoms. The second-order valence-corrected chi connectivity index (χ2v) is 13.1. The standard InChI is InChI=1S/C41H32N2S/c1-41(2)34-18-7-9-21-37(34)44-39-32(17-11-19-35(39)41)30-14-10-15-31(26-30)40-42-36-20-8-6-16-33(36)38(43-40)29-24-22-28(23-25-29)27-12-4-3-5-13-27/h3-26,40,42H,1-2H3. The zero-order valence-corrected chi connectivity index (χ0v) is 25.6. The van der Waals surface area contributed by atoms with Crippen molar-refractivity contribution in [1.82, 2.24) is 0 Å². The number of fused-ring (bicyclic) bond motifs is 3. The van der Waals surface area contributed by atoms with Crippen LogP contribution in [0.4, 0.5) is 5.69 Å². The number of nitrogens with zero attached hydrogens (tertiary/aromatic N) is 1. The molecule has 1 N–H and O–H groups in total. The Balaban J connectivity index is 1.18. The molecule has 1 atom stereocenters. The molecule has 2 aliphatic heterocycles. The predicted octanol–water partition coefficient (Wildman–Crippen LogP) is 10.8. The Morgan fingerprint density at radius 2 is 1.20 bits per heavy atom. The van der Waals surface area contributed by atoms with Crippen molar-refractivity contribution in [1.29, 1.82) is 0 Å². The van der Waals surface area contributed by atoms with E-state index in [1.807, 2.05) is 11.8 Å². The molecule has 2 heterocycles. The number of hydrogen-bond acceptors (Lipinski definition) is 3. The first-order valence-electron chi connectivity index (χ1n) is 15.2. The topological polar surface area (TPSA) is 24.4 Å². The number of hydrogen-bond donors (Lipinski definition) is 1. The molecule has 212 valence electrons. The Labute approximate surface area is 263 Å². The molecule has 0 amide bonds. The molecule has 6 aromatic rings. The molecule has 2 aliphatic rings. The maximum atomic E-state index is 5.34. The van der Waals surface area contributed by atoms with Gasteiger partial charge in [0.05, 0.1) is 5.71 Å². The molecule has 0 saturated carbocycles. The molecular formula is C41H32N2S. The van der Waals surface area contributed by atoms with E-state index < -0.39 is 0 Å². The van der Waals surface area contributed by atoms with Gasteiger partial charge in [0.25, 0.3) is 0 Å². The molecule has 6 aromatic carbocycles. The maximum Gasteiger partial charge on any atom is 0.145 e. The summed E-state index contributed by atoms with van der Waals surface area (Å²) >= 11 is 1.89. The molecule has 0 aromatic heterocycles. The fraction of sp³-hybridized carbons (Fsp3) is 0.0976. The van der Waals surface area contributed by atoms with E-state index >= 15 is 0 Å². The van der Waals surface area contributed by atoms with Crippen LogP contribution in [0.5, 0.6) is 0 Å². The first-order valence-corrected chi connectivity index (χ1v) is 16.0. The predicted molar refractivity (Wildman–Crippen MR) is 185 cm³/mol. The first-order chi connectivity index (χ1) is 21.6. The van der Waals surface area contributed by atoms with E-state index in [9.17, 15) is 0 Å². The minimum atomic E-state index is -0.196. The monoisotopic (exact) mass is 584 g/mol. The minimum absolute atomic E-state index is 0.0608. The van der Waals surface area contributed by atoms with E-state index in [1.165, 1.54) is 43.2 Å². The van der Waals surface area contributed by atoms with Crippen molar-refractivity contribution >= 4 is 23.2 Å². The van der Waals surface area contributed by atoms with Crippen LogP contribution in [-0.4, -0.2) is 5.71 Å². The van der Waals surface area contributed by atoms with Gasteiger partial charge in [-0.3, -0.25) is 4.99 Å². The van der Waals surface area contributed by atoms with Gasteiger partial charge in [0.1, 0.15) is 6.17 Å². The van der Waals surface area contributed by atoms with E-state index in [0.717, 1.165) is 28.1 Å². The van der Waals surface area contributed by atoms with E-state index in [1.54, 1.807) is 0 Å². The van der Waals surface area contributed by atoms with Crippen molar-refractivity contribution in [3.63, 3.8) is 0 Å². The molecule has 1 unspecified atom stereocenters. The first kappa shape index (κ1) is 26.7. The molecule has 0 saturated heterocycles. The fourth-order valence-electron chi connectivity index (χ4n) is 6.60. The smallest absolute Gasteiger partial charge is 0.145 e. The number of para-hydroxylation sites is 1. The lowest BCUT2D eigenvalue weighted by Gasteiger charge is -2.35. The number of benzene rings is 6. The third kappa shape index (κ3) is 4.56. The summed E-state index contributed by atoms with van der Waals surface area (Å²) in [7, 11) is 0. The highest BCUT2D eigenvalue weighted by atomic mass is 32.2. The van der Waals surface area contributed by atoms with Crippen LogP contribution >= 0.6 is 11.8 Å². The third-order valence-corrected chi connectivity index (χ3v) is 10.2. The summed E-state index contributed by atoms with van der Waals surface area (Å²) in [6.45, 7) is 4.69. The van der Waals surface area contributed by atoms with E-state index in [0.29, 0.717) is 0 Å². The molecule has 2 nitrogen and oxygen atoms in total. The molecular weight excluding hydrogens is 553 g/mol. The van der Waals surface area contributed by atoms with Gasteiger partial charge >= 0.3 is 0 Å². The van der Waals surface area contributed by atoms with E-state index in [-0.39, 0.29) is 11.6 Å². The Bertz CT molecular complexity index is 2040. The van der Waals surface area contributed by atoms with Crippen LogP contribution < -0.4 is 5.32 Å². The number of nitrogens with one attached hydrogen (secondary N) is 1. The molecule has 8 rings (SSSR count). The van der Waals surface area contributed by atoms with Gasteiger partial charge in [-0.2, -0.15) is 0 Å². The quantitative estimate of drug-likeness (QED) is 0.223. The van der Waals surface area contributed by atoms with Crippen molar-refractivity contribution < 1.29 is 0 Å². The lowest BCUT2D eigenvalue weighted by molar-refractivity contribution is 0.608. The molecule has 0 radical (unpaired) electrons. The van der Waals surface area contributed by atoms with Crippen LogP contribution in [0.3, 0.4) is 0 Å². The van der Waals surface area contributed by atoms with Crippen molar-refractivity contribution in [3.05, 3.63) is 173 Å². The van der Waals surface area contributed by atoms with Crippen molar-refractivity contribution in [2.24, 2.45) is 4.99 Å². The van der Waals surface area contributed by atoms with Crippen molar-refractivity contribution in [2.75, 3.05) is 5.32 Å². The van der Waals surface area contributed by atoms with Crippen molar-refractivity contribution in [2.45, 2.75) is 35.2 Å². The largest absolute Gasteiger partial charge is 0.360 e. The second kappa shape index (κ2) is 10.7. The van der Waals surface area contributed by atoms with Crippen LogP contribution in [0, 0.1) is 0 Å². The van der Waals surface area contributed by atoms with Gasteiger partial charge in [0, 0.05) is 32.0 Å². The van der Waals surface area contributed by atoms with Gasteiger partial charge in [-0.1, -0.05) is 153 Å². The van der Waals surface area contributed by atoms with Gasteiger partial charge in [0.15, 0.2) is 0 Å². The van der Waals surface area contributed by atoms with Crippen LogP contribution in [-0.2, 0) is 5.41 Å². The molecule has 0 fully saturated rings. The Hall–Kier alpha value is -4.86. The highest BCUT2D eigenvalue weighted by Crippen LogP contribution is 2.52. The summed E-state index contributed by atoms with van der Waals surface area (Å²) in [5.41, 5.74) is 13.1. The van der Waals surface area contributed by atoms with Gasteiger partial charge in [-0.15, -0.1) is 0 Å². The summed E-state index contributed by atoms with van der Waals surface area (Å²) in [6.07, 6.45) is -0.196. The summed E-state index contributed by atoms with van der Waals surface area (Å²) in [5, 5.41) is 3.72. The third-order valence-electron chi connectivity index (χ3n) is 8.97. The molecule has 0 bridgehead atoms. The molecule has 3 heteroatoms. The average Bonchev–Trinajstić information content (AvgIpc) is 3.08. The normalized spacial score (nSPS) is 16.1. The SMILES string of the molecule is CC1(C)c2ccccc2Sc2c(-c3cccc(C4N=C(c5ccc(-c6ccccc6)cc5)c5ccccc5N4)c3)cccc21. The lowest BCUT2D eigenvalue weighted by atomic mass is 9.77. The minimum Gasteiger partial charge on any atom is -0.360 e. The molecule has 0 aliphatic carbocycles. The van der Waals surface area contributed by atoms with Gasteiger partial charge in [-0.05, 0) is 57.1 Å². The zero-order chi connectivity index (χ0) is 29.7. The summed E-state index contributed by atoms with van der Waals surface area (Å²) in [6, 6.07) is 52.3. The van der Waals surface area contributed by atoms with E-state index in [4.69, 9.17) is 4.99 Å². The average molecular weight is 585 g/mol. The van der Waals surface area contributed by atoms with Gasteiger partial charge < -0.3 is 5.32 Å². The van der Waals surface area contributed by atoms with Crippen LogP contribution in [0.25, 0.3) is 22.3 Å². The number of anilines is 1. The maximum absolute atomic E-state index is 5.34. The van der Waals surface area contributed by atoms with Crippen LogP contribution in [0.2, 0.25) is 0 Å². The lowest BCUT2D eigenvalue weighted by Crippen LogP contribution is -2.24. The van der Waals surface area contributed by atoms with Crippen molar-refractivity contribution in [3.8, 4) is 22.3 Å². The Morgan fingerprint density at radius 3 is 2.07 bits per heavy atom. The zero-order valence-electron chi connectivity index (χ0n) is 24.8. The van der Waals surface area contributed by atoms with Crippen LogP contribution in [0.1, 0.15) is 47.8 Å². The van der Waals surface area contributed by atoms with Crippen LogP contribution in [0.15, 0.2) is 160 Å². The summed E-state index contributed by atoms with van der Waals surface area (Å²) in [4.78, 5) is 8.03. The second-order valence-electron chi connectivity index (χ2n) is 12.0. The van der Waals surface area contributed by atoms with Gasteiger partial charge in [0.2, 0.25) is 0 Å². The van der Waals surface area contributed by atoms with Gasteiger partial charge in [-0.25, -0.2) is 0 Å². The fourth-order valence-corrected chi connectivity index (χ4v) is 8.13. The highest BCUT2D eigenvalue weighted by Gasteiger charge is 2.34. The Morgan fingerprint density at radius 1 is 0.568 bits per heavy atom. The number of aliphatic imine (C=N–C) groups is 1. The summed E-state index contributed by atoms with van der Waals surface area (Å²) in [5.74, 6) is 0. The Kier molecular flexibility index (Phi) is 6.50. The number of rotatable bonds is 4. The van der Waals surface area contributed by atoms with E-state index in [2.05, 4.69) is 165 Å². The molecule has 0 spiro atoms. The highest BCUT2D eigenvalue weighted by molar-refractivity contribution is 7.99.